The first-order valence-electron chi connectivity index (χ1n) is 10.1. The number of methoxy groups -OCH3 is 5. The van der Waals surface area contributed by atoms with Crippen molar-refractivity contribution in [3.8, 4) is 40.2 Å². The van der Waals surface area contributed by atoms with Gasteiger partial charge in [-0.3, -0.25) is 0 Å². The molecule has 9 nitrogen and oxygen atoms in total. The summed E-state index contributed by atoms with van der Waals surface area (Å²) in [4.78, 5) is 0. The number of nitrogens with one attached hydrogen (secondary N) is 2. The van der Waals surface area contributed by atoms with Gasteiger partial charge in [-0.05, 0) is 12.1 Å². The minimum absolute atomic E-state index is 0.165. The number of anilines is 4. The van der Waals surface area contributed by atoms with Crippen LogP contribution in [-0.2, 0) is 0 Å². The maximum absolute atomic E-state index is 5.58. The fraction of sp³-hybridized carbons (Fsp3) is 0.250. The number of fused-ring (bicyclic) bond motifs is 1. The van der Waals surface area contributed by atoms with Crippen molar-refractivity contribution >= 4 is 22.7 Å². The molecule has 0 atom stereocenters. The predicted octanol–water partition coefficient (Wildman–Crippen LogP) is 4.95. The molecule has 0 saturated carbocycles. The molecular weight excluding hydrogens is 428 g/mol. The molecule has 3 aromatic rings. The maximum atomic E-state index is 5.58. The fourth-order valence-corrected chi connectivity index (χ4v) is 3.53. The van der Waals surface area contributed by atoms with Gasteiger partial charge in [0.05, 0.1) is 46.9 Å². The summed E-state index contributed by atoms with van der Waals surface area (Å²) >= 11 is 0. The molecular formula is C24H26N2O7. The first-order valence-corrected chi connectivity index (χ1v) is 10.1. The monoisotopic (exact) mass is 454 g/mol. The van der Waals surface area contributed by atoms with E-state index in [9.17, 15) is 0 Å². The summed E-state index contributed by atoms with van der Waals surface area (Å²) in [5, 5.41) is 6.81. The average Bonchev–Trinajstić information content (AvgIpc) is 3.30. The van der Waals surface area contributed by atoms with Crippen molar-refractivity contribution in [3.63, 3.8) is 0 Å². The second kappa shape index (κ2) is 9.56. The molecule has 0 spiro atoms. The Morgan fingerprint density at radius 1 is 0.576 bits per heavy atom. The van der Waals surface area contributed by atoms with E-state index in [2.05, 4.69) is 10.6 Å². The lowest BCUT2D eigenvalue weighted by molar-refractivity contribution is 0.174. The molecule has 0 fully saturated rings. The third kappa shape index (κ3) is 4.43. The summed E-state index contributed by atoms with van der Waals surface area (Å²) in [6.45, 7) is 0.165. The molecule has 1 aliphatic rings. The third-order valence-corrected chi connectivity index (χ3v) is 5.12. The molecule has 0 radical (unpaired) electrons. The Hall–Kier alpha value is -4.14. The maximum Gasteiger partial charge on any atom is 0.231 e. The number of ether oxygens (including phenoxy) is 7. The van der Waals surface area contributed by atoms with Crippen LogP contribution in [0, 0.1) is 0 Å². The Bertz CT molecular complexity index is 1120. The second-order valence-corrected chi connectivity index (χ2v) is 6.98. The lowest BCUT2D eigenvalue weighted by Gasteiger charge is -2.18. The molecule has 0 unspecified atom stereocenters. The molecule has 33 heavy (non-hydrogen) atoms. The summed E-state index contributed by atoms with van der Waals surface area (Å²) in [6, 6.07) is 13.0. The van der Waals surface area contributed by atoms with Gasteiger partial charge in [-0.15, -0.1) is 0 Å². The Kier molecular flexibility index (Phi) is 6.39. The van der Waals surface area contributed by atoms with Crippen LogP contribution >= 0.6 is 0 Å². The minimum Gasteiger partial charge on any atom is -0.493 e. The van der Waals surface area contributed by atoms with Gasteiger partial charge in [-0.1, -0.05) is 0 Å². The fourth-order valence-electron chi connectivity index (χ4n) is 3.53. The molecule has 1 aliphatic heterocycles. The largest absolute Gasteiger partial charge is 0.493 e. The predicted molar refractivity (Wildman–Crippen MR) is 125 cm³/mol. The molecule has 0 saturated heterocycles. The highest BCUT2D eigenvalue weighted by Gasteiger charge is 2.20. The van der Waals surface area contributed by atoms with Crippen LogP contribution in [0.4, 0.5) is 22.7 Å². The SMILES string of the molecule is COc1ccc(Nc2cc3c(cc2Nc2cc(OC)c(OC)c(OC)c2)OCO3)cc1OC. The van der Waals surface area contributed by atoms with Crippen LogP contribution in [-0.4, -0.2) is 42.3 Å². The number of rotatable bonds is 9. The van der Waals surface area contributed by atoms with E-state index in [1.807, 2.05) is 42.5 Å². The molecule has 174 valence electrons. The van der Waals surface area contributed by atoms with E-state index in [1.54, 1.807) is 35.5 Å². The van der Waals surface area contributed by atoms with Crippen LogP contribution < -0.4 is 43.8 Å². The molecule has 1 heterocycles. The van der Waals surface area contributed by atoms with Crippen LogP contribution in [0.15, 0.2) is 42.5 Å². The molecule has 0 bridgehead atoms. The molecule has 0 aliphatic carbocycles. The highest BCUT2D eigenvalue weighted by atomic mass is 16.7. The van der Waals surface area contributed by atoms with Crippen molar-refractivity contribution in [1.82, 2.24) is 0 Å². The van der Waals surface area contributed by atoms with E-state index in [-0.39, 0.29) is 6.79 Å². The van der Waals surface area contributed by atoms with E-state index in [4.69, 9.17) is 33.2 Å². The highest BCUT2D eigenvalue weighted by Crippen LogP contribution is 2.45. The van der Waals surface area contributed by atoms with E-state index < -0.39 is 0 Å². The zero-order chi connectivity index (χ0) is 23.4. The zero-order valence-corrected chi connectivity index (χ0v) is 19.1. The summed E-state index contributed by atoms with van der Waals surface area (Å²) in [5.74, 6) is 4.13. The van der Waals surface area contributed by atoms with Gasteiger partial charge in [0.15, 0.2) is 34.5 Å². The van der Waals surface area contributed by atoms with Gasteiger partial charge in [-0.2, -0.15) is 0 Å². The Balaban J connectivity index is 1.72. The Morgan fingerprint density at radius 3 is 1.61 bits per heavy atom. The standard InChI is InChI=1S/C24H26N2O7/c1-27-18-7-6-14(8-19(18)28-2)25-16-11-20-21(33-13-32-20)12-17(16)26-15-9-22(29-3)24(31-5)23(10-15)30-4/h6-12,25-26H,13H2,1-5H3. The Morgan fingerprint density at radius 2 is 1.09 bits per heavy atom. The van der Waals surface area contributed by atoms with Gasteiger partial charge in [0.2, 0.25) is 12.5 Å². The van der Waals surface area contributed by atoms with Crippen molar-refractivity contribution in [1.29, 1.82) is 0 Å². The normalized spacial score (nSPS) is 11.5. The molecule has 4 rings (SSSR count). The second-order valence-electron chi connectivity index (χ2n) is 6.98. The van der Waals surface area contributed by atoms with E-state index >= 15 is 0 Å². The minimum atomic E-state index is 0.165. The zero-order valence-electron chi connectivity index (χ0n) is 19.1. The van der Waals surface area contributed by atoms with Crippen LogP contribution in [0.2, 0.25) is 0 Å². The van der Waals surface area contributed by atoms with Crippen molar-refractivity contribution in [3.05, 3.63) is 42.5 Å². The van der Waals surface area contributed by atoms with Crippen LogP contribution in [0.25, 0.3) is 0 Å². The number of hydrogen-bond donors (Lipinski definition) is 2. The van der Waals surface area contributed by atoms with Crippen LogP contribution in [0.5, 0.6) is 40.2 Å². The van der Waals surface area contributed by atoms with Gasteiger partial charge < -0.3 is 43.8 Å². The summed E-state index contributed by atoms with van der Waals surface area (Å²) < 4.78 is 38.3. The molecule has 0 aromatic heterocycles. The topological polar surface area (TPSA) is 88.7 Å². The first-order chi connectivity index (χ1) is 16.1. The van der Waals surface area contributed by atoms with Gasteiger partial charge >= 0.3 is 0 Å². The average molecular weight is 454 g/mol. The quantitative estimate of drug-likeness (QED) is 0.466. The highest BCUT2D eigenvalue weighted by molar-refractivity contribution is 5.83. The lowest BCUT2D eigenvalue weighted by Crippen LogP contribution is -2.01. The molecule has 0 amide bonds. The summed E-state index contributed by atoms with van der Waals surface area (Å²) in [5.41, 5.74) is 3.06. The van der Waals surface area contributed by atoms with Crippen molar-refractivity contribution in [2.45, 2.75) is 0 Å². The van der Waals surface area contributed by atoms with Gasteiger partial charge in [-0.25, -0.2) is 0 Å². The van der Waals surface area contributed by atoms with Crippen LogP contribution in [0.3, 0.4) is 0 Å². The van der Waals surface area contributed by atoms with Crippen molar-refractivity contribution in [2.24, 2.45) is 0 Å². The molecule has 9 heteroatoms. The van der Waals surface area contributed by atoms with Crippen molar-refractivity contribution in [2.75, 3.05) is 53.0 Å². The van der Waals surface area contributed by atoms with Gasteiger partial charge in [0.25, 0.3) is 0 Å². The van der Waals surface area contributed by atoms with E-state index in [0.29, 0.717) is 40.2 Å². The number of benzene rings is 3. The third-order valence-electron chi connectivity index (χ3n) is 5.12. The summed E-state index contributed by atoms with van der Waals surface area (Å²) in [6.07, 6.45) is 0. The smallest absolute Gasteiger partial charge is 0.231 e. The first kappa shape index (κ1) is 22.1. The van der Waals surface area contributed by atoms with Crippen LogP contribution in [0.1, 0.15) is 0 Å². The lowest BCUT2D eigenvalue weighted by atomic mass is 10.2. The summed E-state index contributed by atoms with van der Waals surface area (Å²) in [7, 11) is 7.91. The molecule has 2 N–H and O–H groups in total. The van der Waals surface area contributed by atoms with Gasteiger partial charge in [0.1, 0.15) is 0 Å². The Labute approximate surface area is 192 Å². The molecule has 3 aromatic carbocycles. The van der Waals surface area contributed by atoms with E-state index in [0.717, 1.165) is 22.7 Å². The number of hydrogen-bond acceptors (Lipinski definition) is 9. The van der Waals surface area contributed by atoms with Crippen molar-refractivity contribution < 1.29 is 33.2 Å². The van der Waals surface area contributed by atoms with Gasteiger partial charge in [0, 0.05) is 41.7 Å². The van der Waals surface area contributed by atoms with E-state index in [1.165, 1.54) is 0 Å².